The zero-order valence-electron chi connectivity index (χ0n) is 10.5. The van der Waals surface area contributed by atoms with Crippen LogP contribution in [0.5, 0.6) is 0 Å². The van der Waals surface area contributed by atoms with Crippen LogP contribution in [0.3, 0.4) is 0 Å². The van der Waals surface area contributed by atoms with E-state index in [4.69, 9.17) is 0 Å². The number of aryl methyl sites for hydroxylation is 1. The highest BCUT2D eigenvalue weighted by Gasteiger charge is 2.14. The molecule has 0 bridgehead atoms. The third-order valence-corrected chi connectivity index (χ3v) is 2.66. The van der Waals surface area contributed by atoms with Crippen molar-refractivity contribution in [2.24, 2.45) is 0 Å². The molecule has 6 nitrogen and oxygen atoms in total. The minimum Gasteiger partial charge on any atom is -0.311 e. The second-order valence-corrected chi connectivity index (χ2v) is 4.47. The van der Waals surface area contributed by atoms with Crippen LogP contribution in [0.15, 0.2) is 24.5 Å². The number of rotatable bonds is 3. The van der Waals surface area contributed by atoms with Crippen molar-refractivity contribution in [1.29, 1.82) is 0 Å². The molecule has 0 saturated heterocycles. The van der Waals surface area contributed by atoms with E-state index >= 15 is 0 Å². The van der Waals surface area contributed by atoms with Crippen molar-refractivity contribution < 1.29 is 4.92 Å². The Bertz CT molecular complexity index is 590. The molecule has 1 aromatic heterocycles. The monoisotopic (exact) mass is 246 g/mol. The van der Waals surface area contributed by atoms with Crippen molar-refractivity contribution >= 4 is 5.69 Å². The summed E-state index contributed by atoms with van der Waals surface area (Å²) < 4.78 is 1.89. The van der Waals surface area contributed by atoms with Gasteiger partial charge in [0.2, 0.25) is 0 Å². The van der Waals surface area contributed by atoms with Crippen molar-refractivity contribution in [2.45, 2.75) is 26.8 Å². The smallest absolute Gasteiger partial charge is 0.270 e. The summed E-state index contributed by atoms with van der Waals surface area (Å²) in [5.74, 6) is 0.650. The molecule has 0 saturated carbocycles. The number of nitro benzene ring substituents is 1. The fraction of sp³-hybridized carbons (Fsp3) is 0.333. The molecule has 0 amide bonds. The Morgan fingerprint density at radius 3 is 2.67 bits per heavy atom. The third kappa shape index (κ3) is 2.22. The number of nitrogens with zero attached hydrogens (tertiary/aromatic N) is 4. The van der Waals surface area contributed by atoms with E-state index in [9.17, 15) is 10.1 Å². The van der Waals surface area contributed by atoms with Gasteiger partial charge in [0.05, 0.1) is 4.92 Å². The van der Waals surface area contributed by atoms with Gasteiger partial charge >= 0.3 is 0 Å². The number of aromatic nitrogens is 3. The predicted molar refractivity (Wildman–Crippen MR) is 67.2 cm³/mol. The lowest BCUT2D eigenvalue weighted by atomic mass is 10.1. The molecule has 0 aliphatic rings. The minimum atomic E-state index is -0.396. The predicted octanol–water partition coefficient (Wildman–Crippen LogP) is 2.74. The van der Waals surface area contributed by atoms with Crippen LogP contribution in [-0.2, 0) is 0 Å². The van der Waals surface area contributed by atoms with Gasteiger partial charge in [-0.25, -0.2) is 0 Å². The van der Waals surface area contributed by atoms with Gasteiger partial charge in [-0.15, -0.1) is 10.2 Å². The van der Waals surface area contributed by atoms with Crippen LogP contribution in [0, 0.1) is 17.0 Å². The number of hydrogen-bond acceptors (Lipinski definition) is 4. The van der Waals surface area contributed by atoms with Crippen LogP contribution in [-0.4, -0.2) is 19.7 Å². The summed E-state index contributed by atoms with van der Waals surface area (Å²) in [4.78, 5) is 10.5. The topological polar surface area (TPSA) is 73.8 Å². The molecule has 1 aromatic carbocycles. The Morgan fingerprint density at radius 1 is 1.33 bits per heavy atom. The van der Waals surface area contributed by atoms with Crippen molar-refractivity contribution in [3.05, 3.63) is 40.2 Å². The molecule has 0 atom stereocenters. The molecule has 1 heterocycles. The zero-order chi connectivity index (χ0) is 13.3. The molecule has 94 valence electrons. The van der Waals surface area contributed by atoms with Crippen molar-refractivity contribution in [3.63, 3.8) is 0 Å². The van der Waals surface area contributed by atoms with E-state index in [0.717, 1.165) is 5.56 Å². The lowest BCUT2D eigenvalue weighted by Crippen LogP contribution is -2.02. The fourth-order valence-corrected chi connectivity index (χ4v) is 1.82. The Hall–Kier alpha value is -2.24. The Balaban J connectivity index is 2.57. The van der Waals surface area contributed by atoms with E-state index in [1.54, 1.807) is 12.4 Å². The molecule has 0 N–H and O–H groups in total. The van der Waals surface area contributed by atoms with E-state index in [2.05, 4.69) is 10.2 Å². The van der Waals surface area contributed by atoms with Crippen LogP contribution in [0.25, 0.3) is 11.4 Å². The van der Waals surface area contributed by atoms with Gasteiger partial charge in [-0.05, 0) is 32.4 Å². The Labute approximate surface area is 104 Å². The second-order valence-electron chi connectivity index (χ2n) is 4.47. The van der Waals surface area contributed by atoms with E-state index < -0.39 is 4.92 Å². The molecule has 6 heteroatoms. The van der Waals surface area contributed by atoms with Gasteiger partial charge in [-0.1, -0.05) is 0 Å². The van der Waals surface area contributed by atoms with Crippen LogP contribution >= 0.6 is 0 Å². The third-order valence-electron chi connectivity index (χ3n) is 2.66. The fourth-order valence-electron chi connectivity index (χ4n) is 1.82. The van der Waals surface area contributed by atoms with Crippen molar-refractivity contribution in [1.82, 2.24) is 14.8 Å². The molecule has 0 aliphatic carbocycles. The Kier molecular flexibility index (Phi) is 3.10. The van der Waals surface area contributed by atoms with Gasteiger partial charge in [-0.2, -0.15) is 0 Å². The average molecular weight is 246 g/mol. The van der Waals surface area contributed by atoms with E-state index in [-0.39, 0.29) is 11.7 Å². The van der Waals surface area contributed by atoms with Crippen LogP contribution < -0.4 is 0 Å². The standard InChI is InChI=1S/C12H14N4O2/c1-8(2)15-7-13-14-12(15)10-4-9(3)5-11(6-10)16(17)18/h4-8H,1-3H3. The van der Waals surface area contributed by atoms with Crippen LogP contribution in [0.2, 0.25) is 0 Å². The summed E-state index contributed by atoms with van der Waals surface area (Å²) in [7, 11) is 0. The second kappa shape index (κ2) is 4.56. The Morgan fingerprint density at radius 2 is 2.06 bits per heavy atom. The molecule has 2 aromatic rings. The molecule has 2 rings (SSSR count). The summed E-state index contributed by atoms with van der Waals surface area (Å²) in [5.41, 5.74) is 1.62. The van der Waals surface area contributed by atoms with E-state index in [1.165, 1.54) is 6.07 Å². The van der Waals surface area contributed by atoms with Gasteiger partial charge in [0.1, 0.15) is 6.33 Å². The minimum absolute atomic E-state index is 0.0725. The molecule has 0 fully saturated rings. The summed E-state index contributed by atoms with van der Waals surface area (Å²) >= 11 is 0. The molecule has 0 aliphatic heterocycles. The quantitative estimate of drug-likeness (QED) is 0.616. The van der Waals surface area contributed by atoms with Gasteiger partial charge in [0.15, 0.2) is 5.82 Å². The first-order valence-electron chi connectivity index (χ1n) is 5.65. The molecule has 0 radical (unpaired) electrons. The van der Waals surface area contributed by atoms with Gasteiger partial charge in [-0.3, -0.25) is 10.1 Å². The first kappa shape index (κ1) is 12.2. The highest BCUT2D eigenvalue weighted by molar-refractivity contribution is 5.61. The number of hydrogen-bond donors (Lipinski definition) is 0. The summed E-state index contributed by atoms with van der Waals surface area (Å²) in [6, 6.07) is 5.14. The first-order valence-corrected chi connectivity index (χ1v) is 5.65. The average Bonchev–Trinajstić information content (AvgIpc) is 2.76. The normalized spacial score (nSPS) is 10.9. The maximum atomic E-state index is 10.9. The number of nitro groups is 1. The van der Waals surface area contributed by atoms with Crippen molar-refractivity contribution in [2.75, 3.05) is 0 Å². The molecular weight excluding hydrogens is 232 g/mol. The lowest BCUT2D eigenvalue weighted by molar-refractivity contribution is -0.384. The van der Waals surface area contributed by atoms with Crippen LogP contribution in [0.4, 0.5) is 5.69 Å². The lowest BCUT2D eigenvalue weighted by Gasteiger charge is -2.10. The summed E-state index contributed by atoms with van der Waals surface area (Å²) in [6.45, 7) is 5.85. The maximum absolute atomic E-state index is 10.9. The molecular formula is C12H14N4O2. The SMILES string of the molecule is Cc1cc(-c2nncn2C(C)C)cc([N+](=O)[O-])c1. The van der Waals surface area contributed by atoms with Crippen LogP contribution in [0.1, 0.15) is 25.5 Å². The first-order chi connectivity index (χ1) is 8.49. The molecule has 0 spiro atoms. The maximum Gasteiger partial charge on any atom is 0.270 e. The summed E-state index contributed by atoms with van der Waals surface area (Å²) in [5, 5.41) is 18.8. The van der Waals surface area contributed by atoms with E-state index in [1.807, 2.05) is 31.4 Å². The summed E-state index contributed by atoms with van der Waals surface area (Å²) in [6.07, 6.45) is 1.63. The molecule has 18 heavy (non-hydrogen) atoms. The van der Waals surface area contributed by atoms with Gasteiger partial charge in [0, 0.05) is 23.7 Å². The number of non-ortho nitro benzene ring substituents is 1. The van der Waals surface area contributed by atoms with Gasteiger partial charge in [0.25, 0.3) is 5.69 Å². The highest BCUT2D eigenvalue weighted by Crippen LogP contribution is 2.25. The molecule has 0 unspecified atom stereocenters. The largest absolute Gasteiger partial charge is 0.311 e. The van der Waals surface area contributed by atoms with Gasteiger partial charge < -0.3 is 4.57 Å². The zero-order valence-corrected chi connectivity index (χ0v) is 10.5. The highest BCUT2D eigenvalue weighted by atomic mass is 16.6. The van der Waals surface area contributed by atoms with E-state index in [0.29, 0.717) is 11.4 Å². The van der Waals surface area contributed by atoms with Crippen molar-refractivity contribution in [3.8, 4) is 11.4 Å². The number of benzene rings is 1.